The van der Waals surface area contributed by atoms with Gasteiger partial charge in [-0.15, -0.1) is 0 Å². The second-order valence-corrected chi connectivity index (χ2v) is 2.65. The van der Waals surface area contributed by atoms with Crippen LogP contribution in [0.25, 0.3) is 0 Å². The number of hydrogen-bond donors (Lipinski definition) is 6. The van der Waals surface area contributed by atoms with Gasteiger partial charge in [-0.1, -0.05) is 0 Å². The molecule has 0 rings (SSSR count). The number of aliphatic carboxylic acids is 4. The molecule has 0 aliphatic heterocycles. The van der Waals surface area contributed by atoms with Gasteiger partial charge in [-0.2, -0.15) is 0 Å². The molecule has 0 aliphatic rings. The number of carboxylic acids is 4. The number of carboxylic acid groups (broad SMARTS) is 4. The summed E-state index contributed by atoms with van der Waals surface area (Å²) in [5.41, 5.74) is 9.81. The molecule has 0 spiro atoms. The Morgan fingerprint density at radius 2 is 0.667 bits per heavy atom. The van der Waals surface area contributed by atoms with Gasteiger partial charge >= 0.3 is 23.9 Å². The Morgan fingerprint density at radius 1 is 0.619 bits per heavy atom. The summed E-state index contributed by atoms with van der Waals surface area (Å²) in [5.74, 6) is -3.33. The standard InChI is InChI=1S/C2H8N2.4C2H4O2.Sn.2H/c3-1-2-4;4*1-2(3)4;;;/h1-4H2;4*1H3,(H,3,4);;;. The van der Waals surface area contributed by atoms with Crippen molar-refractivity contribution in [2.75, 3.05) is 13.1 Å². The van der Waals surface area contributed by atoms with E-state index in [9.17, 15) is 0 Å². The molecule has 0 saturated heterocycles. The molecule has 0 aromatic rings. The van der Waals surface area contributed by atoms with Crippen LogP contribution in [0.3, 0.4) is 0 Å². The molecular weight excluding hydrogens is 395 g/mol. The van der Waals surface area contributed by atoms with E-state index in [-0.39, 0.29) is 23.9 Å². The summed E-state index contributed by atoms with van der Waals surface area (Å²) in [7, 11) is 0. The van der Waals surface area contributed by atoms with Crippen molar-refractivity contribution in [1.29, 1.82) is 0 Å². The maximum atomic E-state index is 9.00. The molecule has 0 atom stereocenters. The van der Waals surface area contributed by atoms with Gasteiger partial charge in [0.1, 0.15) is 0 Å². The van der Waals surface area contributed by atoms with Crippen LogP contribution in [0.4, 0.5) is 0 Å². The van der Waals surface area contributed by atoms with Crippen molar-refractivity contribution in [3.8, 4) is 0 Å². The molecule has 0 fully saturated rings. The van der Waals surface area contributed by atoms with E-state index < -0.39 is 23.9 Å². The Morgan fingerprint density at radius 3 is 0.667 bits per heavy atom. The number of rotatable bonds is 1. The molecule has 11 heteroatoms. The van der Waals surface area contributed by atoms with Crippen LogP contribution >= 0.6 is 0 Å². The van der Waals surface area contributed by atoms with Gasteiger partial charge in [-0.25, -0.2) is 0 Å². The molecule has 0 aliphatic carbocycles. The minimum atomic E-state index is -0.833. The topological polar surface area (TPSA) is 201 Å². The van der Waals surface area contributed by atoms with Crippen molar-refractivity contribution in [3.63, 3.8) is 0 Å². The monoisotopic (exact) mass is 422 g/mol. The molecule has 0 aromatic heterocycles. The Kier molecular flexibility index (Phi) is 63.4. The fraction of sp³-hybridized carbons (Fsp3) is 0.600. The number of nitrogens with two attached hydrogens (primary N) is 2. The molecule has 8 N–H and O–H groups in total. The summed E-state index contributed by atoms with van der Waals surface area (Å²) in [6.45, 7) is 5.53. The average molecular weight is 421 g/mol. The van der Waals surface area contributed by atoms with E-state index in [0.29, 0.717) is 13.1 Å². The quantitative estimate of drug-likeness (QED) is 0.267. The summed E-state index contributed by atoms with van der Waals surface area (Å²) in [6.07, 6.45) is 0. The Bertz CT molecular complexity index is 195. The molecule has 21 heavy (non-hydrogen) atoms. The third-order valence-electron chi connectivity index (χ3n) is 0.167. The van der Waals surface area contributed by atoms with Gasteiger partial charge in [0.2, 0.25) is 0 Å². The van der Waals surface area contributed by atoms with E-state index in [2.05, 4.69) is 0 Å². The zero-order valence-electron chi connectivity index (χ0n) is 12.7. The molecule has 0 amide bonds. The van der Waals surface area contributed by atoms with E-state index in [4.69, 9.17) is 51.1 Å². The second-order valence-electron chi connectivity index (χ2n) is 2.65. The van der Waals surface area contributed by atoms with Crippen molar-refractivity contribution in [2.24, 2.45) is 11.5 Å². The fourth-order valence-corrected chi connectivity index (χ4v) is 0. The first-order chi connectivity index (χ1) is 8.84. The summed E-state index contributed by atoms with van der Waals surface area (Å²) in [6, 6.07) is 0. The third-order valence-corrected chi connectivity index (χ3v) is 0.167. The average Bonchev–Trinajstić information content (AvgIpc) is 2.13. The zero-order chi connectivity index (χ0) is 17.7. The first-order valence-electron chi connectivity index (χ1n) is 5.03. The summed E-state index contributed by atoms with van der Waals surface area (Å²) < 4.78 is 0. The van der Waals surface area contributed by atoms with Crippen LogP contribution in [0.1, 0.15) is 27.7 Å². The van der Waals surface area contributed by atoms with Crippen molar-refractivity contribution in [1.82, 2.24) is 0 Å². The minimum absolute atomic E-state index is 0. The predicted octanol–water partition coefficient (Wildman–Crippen LogP) is -1.65. The predicted molar refractivity (Wildman–Crippen MR) is 79.9 cm³/mol. The van der Waals surface area contributed by atoms with Crippen molar-refractivity contribution < 1.29 is 39.6 Å². The van der Waals surface area contributed by atoms with Crippen molar-refractivity contribution in [3.05, 3.63) is 0 Å². The zero-order valence-corrected chi connectivity index (χ0v) is 16.7. The van der Waals surface area contributed by atoms with E-state index in [0.717, 1.165) is 27.7 Å². The summed E-state index contributed by atoms with van der Waals surface area (Å²) in [5, 5.41) is 29.7. The van der Waals surface area contributed by atoms with Crippen LogP contribution in [-0.2, 0) is 19.2 Å². The molecule has 2 radical (unpaired) electrons. The molecule has 0 bridgehead atoms. The van der Waals surface area contributed by atoms with Gasteiger partial charge in [-0.3, -0.25) is 19.2 Å². The maximum absolute atomic E-state index is 9.00. The number of hydrogen-bond acceptors (Lipinski definition) is 6. The van der Waals surface area contributed by atoms with Gasteiger partial charge in [0, 0.05) is 40.8 Å². The van der Waals surface area contributed by atoms with Gasteiger partial charge in [0.25, 0.3) is 23.9 Å². The second kappa shape index (κ2) is 36.3. The van der Waals surface area contributed by atoms with Crippen LogP contribution < -0.4 is 11.5 Å². The van der Waals surface area contributed by atoms with Gasteiger partial charge in [0.05, 0.1) is 0 Å². The van der Waals surface area contributed by atoms with Crippen LogP contribution in [0.2, 0.25) is 0 Å². The summed E-state index contributed by atoms with van der Waals surface area (Å²) in [4.78, 5) is 36.0. The van der Waals surface area contributed by atoms with Gasteiger partial charge < -0.3 is 31.9 Å². The van der Waals surface area contributed by atoms with E-state index >= 15 is 0 Å². The fourth-order valence-electron chi connectivity index (χ4n) is 0. The van der Waals surface area contributed by atoms with E-state index in [1.807, 2.05) is 0 Å². The first kappa shape index (κ1) is 36.7. The Balaban J connectivity index is -0.0000000331. The van der Waals surface area contributed by atoms with Crippen LogP contribution in [0, 0.1) is 0 Å². The van der Waals surface area contributed by atoms with Crippen molar-refractivity contribution >= 4 is 47.8 Å². The molecule has 128 valence electrons. The van der Waals surface area contributed by atoms with E-state index in [1.165, 1.54) is 0 Å². The third kappa shape index (κ3) is 31800. The molecular formula is C10H26N2O8Sn. The first-order valence-corrected chi connectivity index (χ1v) is 5.03. The Labute approximate surface area is 140 Å². The molecule has 0 unspecified atom stereocenters. The Hall–Kier alpha value is -1.40. The van der Waals surface area contributed by atoms with Crippen LogP contribution in [0.5, 0.6) is 0 Å². The van der Waals surface area contributed by atoms with Gasteiger partial charge in [-0.05, 0) is 0 Å². The number of carbonyl (C=O) groups is 4. The molecule has 10 nitrogen and oxygen atoms in total. The molecule has 0 saturated carbocycles. The normalized spacial score (nSPS) is 6.19. The van der Waals surface area contributed by atoms with Gasteiger partial charge in [0.15, 0.2) is 0 Å². The van der Waals surface area contributed by atoms with E-state index in [1.54, 1.807) is 0 Å². The molecule has 0 heterocycles. The van der Waals surface area contributed by atoms with Crippen molar-refractivity contribution in [2.45, 2.75) is 27.7 Å². The van der Waals surface area contributed by atoms with Crippen LogP contribution in [-0.4, -0.2) is 81.3 Å². The van der Waals surface area contributed by atoms with Crippen LogP contribution in [0.15, 0.2) is 0 Å². The SMILES string of the molecule is CC(=O)O.CC(=O)O.CC(=O)O.CC(=O)O.NCCN.[SnH2]. The summed E-state index contributed by atoms with van der Waals surface area (Å²) >= 11 is 0. The molecule has 0 aromatic carbocycles.